The molecule has 0 unspecified atom stereocenters. The molecule has 0 aliphatic heterocycles. The van der Waals surface area contributed by atoms with Crippen molar-refractivity contribution in [1.82, 2.24) is 14.8 Å². The number of aromatic amines is 1. The fourth-order valence-electron chi connectivity index (χ4n) is 1.91. The number of nitrogens with one attached hydrogen (secondary N) is 1. The summed E-state index contributed by atoms with van der Waals surface area (Å²) in [6.07, 6.45) is 0.875. The molecule has 20 heavy (non-hydrogen) atoms. The maximum atomic E-state index is 11.8. The van der Waals surface area contributed by atoms with Gasteiger partial charge in [-0.2, -0.15) is 0 Å². The Bertz CT molecular complexity index is 663. The van der Waals surface area contributed by atoms with E-state index in [4.69, 9.17) is 5.11 Å². The summed E-state index contributed by atoms with van der Waals surface area (Å²) in [5.74, 6) is -1.06. The summed E-state index contributed by atoms with van der Waals surface area (Å²) in [5.41, 5.74) is 1.87. The molecule has 1 aromatic heterocycles. The molecule has 0 spiro atoms. The standard InChI is InChI=1S/C13H15N3O3S/c1-2-9-5-3-4-6-10(9)7-16-12(19)14-15-13(16)20-8-11(17)18/h3-6H,2,7-8H2,1H3,(H,14,19)(H,17,18). The maximum Gasteiger partial charge on any atom is 0.344 e. The lowest BCUT2D eigenvalue weighted by molar-refractivity contribution is -0.133. The van der Waals surface area contributed by atoms with Gasteiger partial charge in [0.1, 0.15) is 0 Å². The van der Waals surface area contributed by atoms with Crippen molar-refractivity contribution in [1.29, 1.82) is 0 Å². The molecule has 0 amide bonds. The number of aromatic nitrogens is 3. The van der Waals surface area contributed by atoms with Gasteiger partial charge in [0.25, 0.3) is 0 Å². The zero-order valence-corrected chi connectivity index (χ0v) is 11.8. The van der Waals surface area contributed by atoms with E-state index in [1.807, 2.05) is 24.3 Å². The molecule has 0 saturated heterocycles. The van der Waals surface area contributed by atoms with Gasteiger partial charge in [-0.05, 0) is 17.5 Å². The third-order valence-corrected chi connectivity index (χ3v) is 3.84. The number of hydrogen-bond donors (Lipinski definition) is 2. The summed E-state index contributed by atoms with van der Waals surface area (Å²) in [4.78, 5) is 22.4. The number of carboxylic acids is 1. The minimum absolute atomic E-state index is 0.125. The third-order valence-electron chi connectivity index (χ3n) is 2.88. The Morgan fingerprint density at radius 1 is 1.40 bits per heavy atom. The zero-order chi connectivity index (χ0) is 14.5. The van der Waals surface area contributed by atoms with Gasteiger partial charge in [0, 0.05) is 0 Å². The number of aliphatic carboxylic acids is 1. The summed E-state index contributed by atoms with van der Waals surface area (Å²) in [6, 6.07) is 7.86. The monoisotopic (exact) mass is 293 g/mol. The fraction of sp³-hybridized carbons (Fsp3) is 0.308. The van der Waals surface area contributed by atoms with E-state index in [2.05, 4.69) is 17.1 Å². The molecule has 6 nitrogen and oxygen atoms in total. The number of aryl methyl sites for hydroxylation is 1. The van der Waals surface area contributed by atoms with E-state index in [-0.39, 0.29) is 11.4 Å². The van der Waals surface area contributed by atoms with Crippen LogP contribution in [0.4, 0.5) is 0 Å². The van der Waals surface area contributed by atoms with E-state index in [0.29, 0.717) is 11.7 Å². The van der Waals surface area contributed by atoms with Crippen molar-refractivity contribution in [2.24, 2.45) is 0 Å². The molecule has 0 radical (unpaired) electrons. The highest BCUT2D eigenvalue weighted by Gasteiger charge is 2.12. The van der Waals surface area contributed by atoms with Gasteiger partial charge in [0.2, 0.25) is 0 Å². The van der Waals surface area contributed by atoms with Crippen LogP contribution in [0.2, 0.25) is 0 Å². The predicted octanol–water partition coefficient (Wildman–Crippen LogP) is 1.36. The first-order chi connectivity index (χ1) is 9.61. The first-order valence-electron chi connectivity index (χ1n) is 6.18. The van der Waals surface area contributed by atoms with Crippen LogP contribution in [-0.2, 0) is 17.8 Å². The topological polar surface area (TPSA) is 88.0 Å². The maximum absolute atomic E-state index is 11.8. The minimum atomic E-state index is -0.939. The summed E-state index contributed by atoms with van der Waals surface area (Å²) in [5, 5.41) is 15.3. The number of carbonyl (C=O) groups is 1. The van der Waals surface area contributed by atoms with E-state index in [1.54, 1.807) is 0 Å². The number of H-pyrrole nitrogens is 1. The van der Waals surface area contributed by atoms with Crippen LogP contribution in [0.3, 0.4) is 0 Å². The molecule has 0 fully saturated rings. The highest BCUT2D eigenvalue weighted by atomic mass is 32.2. The number of thioether (sulfide) groups is 1. The molecule has 1 aromatic carbocycles. The summed E-state index contributed by atoms with van der Waals surface area (Å²) in [7, 11) is 0. The lowest BCUT2D eigenvalue weighted by Crippen LogP contribution is -2.19. The molecule has 1 heterocycles. The second-order valence-electron chi connectivity index (χ2n) is 4.20. The zero-order valence-electron chi connectivity index (χ0n) is 11.0. The van der Waals surface area contributed by atoms with E-state index >= 15 is 0 Å². The second-order valence-corrected chi connectivity index (χ2v) is 5.14. The Morgan fingerprint density at radius 3 is 2.75 bits per heavy atom. The van der Waals surface area contributed by atoms with Gasteiger partial charge in [-0.3, -0.25) is 9.36 Å². The molecule has 0 saturated carbocycles. The van der Waals surface area contributed by atoms with Crippen LogP contribution in [0.25, 0.3) is 0 Å². The van der Waals surface area contributed by atoms with Gasteiger partial charge in [0.05, 0.1) is 12.3 Å². The van der Waals surface area contributed by atoms with Crippen LogP contribution in [0, 0.1) is 0 Å². The number of benzene rings is 1. The first kappa shape index (κ1) is 14.4. The van der Waals surface area contributed by atoms with E-state index in [9.17, 15) is 9.59 Å². The number of hydrogen-bond acceptors (Lipinski definition) is 4. The molecule has 2 aromatic rings. The first-order valence-corrected chi connectivity index (χ1v) is 7.17. The van der Waals surface area contributed by atoms with Gasteiger partial charge in [-0.25, -0.2) is 9.89 Å². The fourth-order valence-corrected chi connectivity index (χ4v) is 2.57. The molecular weight excluding hydrogens is 278 g/mol. The Kier molecular flexibility index (Phi) is 4.62. The van der Waals surface area contributed by atoms with Crippen LogP contribution in [0.1, 0.15) is 18.1 Å². The Hall–Kier alpha value is -2.02. The van der Waals surface area contributed by atoms with Crippen LogP contribution in [0.5, 0.6) is 0 Å². The molecular formula is C13H15N3O3S. The third kappa shape index (κ3) is 3.30. The summed E-state index contributed by atoms with van der Waals surface area (Å²) >= 11 is 1.03. The van der Waals surface area contributed by atoms with Crippen molar-refractivity contribution in [2.75, 3.05) is 5.75 Å². The number of carboxylic acid groups (broad SMARTS) is 1. The van der Waals surface area contributed by atoms with Crippen LogP contribution < -0.4 is 5.69 Å². The average Bonchev–Trinajstić information content (AvgIpc) is 2.78. The van der Waals surface area contributed by atoms with Gasteiger partial charge >= 0.3 is 11.7 Å². The lowest BCUT2D eigenvalue weighted by atomic mass is 10.1. The van der Waals surface area contributed by atoms with Crippen molar-refractivity contribution in [2.45, 2.75) is 25.0 Å². The highest BCUT2D eigenvalue weighted by Crippen LogP contribution is 2.16. The van der Waals surface area contributed by atoms with Crippen molar-refractivity contribution < 1.29 is 9.90 Å². The quantitative estimate of drug-likeness (QED) is 0.785. The Labute approximate surface area is 119 Å². The molecule has 0 aliphatic carbocycles. The number of nitrogens with zero attached hydrogens (tertiary/aromatic N) is 2. The van der Waals surface area contributed by atoms with E-state index < -0.39 is 5.97 Å². The highest BCUT2D eigenvalue weighted by molar-refractivity contribution is 7.99. The average molecular weight is 293 g/mol. The van der Waals surface area contributed by atoms with E-state index in [0.717, 1.165) is 29.3 Å². The summed E-state index contributed by atoms with van der Waals surface area (Å²) < 4.78 is 1.46. The molecule has 2 N–H and O–H groups in total. The van der Waals surface area contributed by atoms with Gasteiger partial charge in [0.15, 0.2) is 5.16 Å². The predicted molar refractivity (Wildman–Crippen MR) is 76.1 cm³/mol. The molecule has 0 bridgehead atoms. The number of rotatable bonds is 6. The molecule has 2 rings (SSSR count). The molecule has 7 heteroatoms. The van der Waals surface area contributed by atoms with Crippen LogP contribution in [-0.4, -0.2) is 31.6 Å². The molecule has 106 valence electrons. The SMILES string of the molecule is CCc1ccccc1Cn1c(SCC(=O)O)n[nH]c1=O. The molecule has 0 atom stereocenters. The van der Waals surface area contributed by atoms with Gasteiger partial charge in [-0.1, -0.05) is 43.0 Å². The van der Waals surface area contributed by atoms with Crippen molar-refractivity contribution in [3.8, 4) is 0 Å². The Balaban J connectivity index is 2.26. The Morgan fingerprint density at radius 2 is 2.10 bits per heavy atom. The van der Waals surface area contributed by atoms with Gasteiger partial charge in [-0.15, -0.1) is 5.10 Å². The van der Waals surface area contributed by atoms with Crippen molar-refractivity contribution >= 4 is 17.7 Å². The minimum Gasteiger partial charge on any atom is -0.481 e. The van der Waals surface area contributed by atoms with Crippen molar-refractivity contribution in [3.05, 3.63) is 45.9 Å². The van der Waals surface area contributed by atoms with E-state index in [1.165, 1.54) is 4.57 Å². The molecule has 0 aliphatic rings. The smallest absolute Gasteiger partial charge is 0.344 e. The lowest BCUT2D eigenvalue weighted by Gasteiger charge is -2.09. The van der Waals surface area contributed by atoms with Gasteiger partial charge < -0.3 is 5.11 Å². The normalized spacial score (nSPS) is 10.7. The second kappa shape index (κ2) is 6.42. The van der Waals surface area contributed by atoms with Crippen molar-refractivity contribution in [3.63, 3.8) is 0 Å². The largest absolute Gasteiger partial charge is 0.481 e. The van der Waals surface area contributed by atoms with Crippen LogP contribution >= 0.6 is 11.8 Å². The summed E-state index contributed by atoms with van der Waals surface area (Å²) in [6.45, 7) is 2.44. The van der Waals surface area contributed by atoms with Crippen LogP contribution in [0.15, 0.2) is 34.2 Å².